The summed E-state index contributed by atoms with van der Waals surface area (Å²) in [4.78, 5) is 0. The Morgan fingerprint density at radius 1 is 1.00 bits per heavy atom. The summed E-state index contributed by atoms with van der Waals surface area (Å²) in [5.74, 6) is 0. The molecule has 0 spiro atoms. The second kappa shape index (κ2) is 29.7. The van der Waals surface area contributed by atoms with Crippen molar-refractivity contribution in [2.45, 2.75) is 0 Å². The molecule has 0 bridgehead atoms. The van der Waals surface area contributed by atoms with Gasteiger partial charge in [0.05, 0.1) is 0 Å². The molecule has 0 rings (SSSR count). The molecule has 0 radical (unpaired) electrons. The van der Waals surface area contributed by atoms with Crippen LogP contribution in [0.4, 0.5) is 0 Å². The van der Waals surface area contributed by atoms with Gasteiger partial charge in [0.2, 0.25) is 0 Å². The molecule has 2 nitrogen and oxygen atoms in total. The third kappa shape index (κ3) is 10.7. The fourth-order valence-electron chi connectivity index (χ4n) is 0. The average Bonchev–Trinajstić information content (AvgIpc) is 0. The number of hydrogen-bond acceptors (Lipinski definition) is 0. The van der Waals surface area contributed by atoms with E-state index in [0.717, 1.165) is 0 Å². The van der Waals surface area contributed by atoms with Crippen LogP contribution < -0.4 is 0 Å². The monoisotopic (exact) mass is 140 g/mol. The Kier molecular flexibility index (Phi) is 471. The zero-order valence-electron chi connectivity index (χ0n) is 2.12. The van der Waals surface area contributed by atoms with E-state index in [4.69, 9.17) is 0 Å². The summed E-state index contributed by atoms with van der Waals surface area (Å²) in [6.07, 6.45) is 0. The molecule has 2 N–H and O–H groups in total. The SMILES string of the molecule is O.[Mg+2].[O-2].[SeH2]. The zero-order valence-corrected chi connectivity index (χ0v) is 5.63. The predicted octanol–water partition coefficient (Wildman–Crippen LogP) is -2.24. The molecule has 0 aromatic rings. The predicted molar refractivity (Wildman–Crippen MR) is 18.6 cm³/mol. The molecule has 0 aromatic carbocycles. The average molecular weight is 139 g/mol. The zero-order chi connectivity index (χ0) is 0. The summed E-state index contributed by atoms with van der Waals surface area (Å²) in [5, 5.41) is 0. The minimum atomic E-state index is 0. The Morgan fingerprint density at radius 2 is 1.00 bits per heavy atom. The molecule has 0 saturated carbocycles. The molecule has 0 unspecified atom stereocenters. The van der Waals surface area contributed by atoms with Gasteiger partial charge >= 0.3 is 40.1 Å². The molecule has 0 aliphatic rings. The maximum absolute atomic E-state index is 0. The van der Waals surface area contributed by atoms with E-state index >= 15 is 0 Å². The fraction of sp³-hybridized carbons (Fsp3) is 0. The molecule has 0 aliphatic carbocycles. The fourth-order valence-corrected chi connectivity index (χ4v) is 0. The first kappa shape index (κ1) is 63.3. The third-order valence-corrected chi connectivity index (χ3v) is 0. The first-order chi connectivity index (χ1) is 0. The van der Waals surface area contributed by atoms with Crippen LogP contribution in [-0.4, -0.2) is 45.6 Å². The van der Waals surface area contributed by atoms with Gasteiger partial charge in [-0.05, 0) is 0 Å². The second-order valence-corrected chi connectivity index (χ2v) is 0. The van der Waals surface area contributed by atoms with E-state index in [1.807, 2.05) is 0 Å². The third-order valence-electron chi connectivity index (χ3n) is 0. The van der Waals surface area contributed by atoms with E-state index in [0.29, 0.717) is 0 Å². The second-order valence-electron chi connectivity index (χ2n) is 0. The van der Waals surface area contributed by atoms with Crippen molar-refractivity contribution in [3.8, 4) is 0 Å². The molecule has 0 aliphatic heterocycles. The van der Waals surface area contributed by atoms with Gasteiger partial charge in [-0.25, -0.2) is 0 Å². The van der Waals surface area contributed by atoms with Crippen molar-refractivity contribution in [2.24, 2.45) is 0 Å². The molecule has 0 heterocycles. The van der Waals surface area contributed by atoms with Crippen LogP contribution in [0.15, 0.2) is 0 Å². The summed E-state index contributed by atoms with van der Waals surface area (Å²) < 4.78 is 0. The molecule has 0 aromatic heterocycles. The van der Waals surface area contributed by atoms with E-state index < -0.39 is 0 Å². The van der Waals surface area contributed by atoms with Crippen molar-refractivity contribution in [1.29, 1.82) is 0 Å². The summed E-state index contributed by atoms with van der Waals surface area (Å²) in [5.41, 5.74) is 0. The first-order valence-corrected chi connectivity index (χ1v) is 0. The van der Waals surface area contributed by atoms with Crippen LogP contribution in [0, 0.1) is 0 Å². The molecule has 0 amide bonds. The van der Waals surface area contributed by atoms with Crippen molar-refractivity contribution in [2.75, 3.05) is 0 Å². The molecule has 0 atom stereocenters. The van der Waals surface area contributed by atoms with Gasteiger partial charge in [-0.2, -0.15) is 0 Å². The molecule has 4 heavy (non-hydrogen) atoms. The van der Waals surface area contributed by atoms with Gasteiger partial charge in [0.25, 0.3) is 0 Å². The Bertz CT molecular complexity index is 6.00. The normalized spacial score (nSPS) is 0. The molecule has 0 saturated heterocycles. The van der Waals surface area contributed by atoms with E-state index in [1.165, 1.54) is 0 Å². The Balaban J connectivity index is 0. The van der Waals surface area contributed by atoms with Gasteiger partial charge in [0, 0.05) is 0 Å². The van der Waals surface area contributed by atoms with E-state index in [9.17, 15) is 0 Å². The van der Waals surface area contributed by atoms with E-state index in [2.05, 4.69) is 0 Å². The van der Waals surface area contributed by atoms with Crippen LogP contribution in [0.1, 0.15) is 0 Å². The molecular weight excluding hydrogens is 135 g/mol. The van der Waals surface area contributed by atoms with Crippen LogP contribution in [-0.2, 0) is 5.48 Å². The van der Waals surface area contributed by atoms with Crippen LogP contribution >= 0.6 is 0 Å². The molecule has 4 heteroatoms. The van der Waals surface area contributed by atoms with E-state index in [-0.39, 0.29) is 51.1 Å². The first-order valence-electron chi connectivity index (χ1n) is 0. The van der Waals surface area contributed by atoms with Crippen molar-refractivity contribution in [3.05, 3.63) is 0 Å². The summed E-state index contributed by atoms with van der Waals surface area (Å²) in [7, 11) is 0. The van der Waals surface area contributed by atoms with Crippen molar-refractivity contribution >= 4 is 40.1 Å². The Hall–Kier alpha value is 1.21. The van der Waals surface area contributed by atoms with Crippen LogP contribution in [0.25, 0.3) is 0 Å². The quantitative estimate of drug-likeness (QED) is 0.341. The summed E-state index contributed by atoms with van der Waals surface area (Å²) >= 11 is 0. The summed E-state index contributed by atoms with van der Waals surface area (Å²) in [6, 6.07) is 0. The number of rotatable bonds is 0. The van der Waals surface area contributed by atoms with Gasteiger partial charge < -0.3 is 11.0 Å². The van der Waals surface area contributed by atoms with Gasteiger partial charge in [-0.15, -0.1) is 0 Å². The van der Waals surface area contributed by atoms with Crippen LogP contribution in [0.2, 0.25) is 0 Å². The Labute approximate surface area is 51.2 Å². The van der Waals surface area contributed by atoms with Crippen LogP contribution in [0.5, 0.6) is 0 Å². The maximum atomic E-state index is 0. The molecule has 0 fully saturated rings. The van der Waals surface area contributed by atoms with Crippen molar-refractivity contribution in [3.63, 3.8) is 0 Å². The minimum absolute atomic E-state index is 0. The van der Waals surface area contributed by atoms with Crippen molar-refractivity contribution in [1.82, 2.24) is 0 Å². The van der Waals surface area contributed by atoms with Gasteiger partial charge in [-0.3, -0.25) is 0 Å². The Morgan fingerprint density at radius 3 is 1.00 bits per heavy atom. The van der Waals surface area contributed by atoms with E-state index in [1.54, 1.807) is 0 Å². The van der Waals surface area contributed by atoms with Gasteiger partial charge in [0.15, 0.2) is 0 Å². The van der Waals surface area contributed by atoms with Crippen molar-refractivity contribution < 1.29 is 11.0 Å². The van der Waals surface area contributed by atoms with Gasteiger partial charge in [-0.1, -0.05) is 0 Å². The van der Waals surface area contributed by atoms with Gasteiger partial charge in [0.1, 0.15) is 0 Å². The molecular formula is H4MgO2Se. The summed E-state index contributed by atoms with van der Waals surface area (Å²) in [6.45, 7) is 0. The standard InChI is InChI=1S/Mg.H2O.O.H2Se/h;1H2;;1H2/q+2;;-2;. The van der Waals surface area contributed by atoms with Crippen LogP contribution in [0.3, 0.4) is 0 Å². The number of hydrogen-bond donors (Lipinski definition) is 0. The topological polar surface area (TPSA) is 60.0 Å². The molecule has 24 valence electrons.